The molecule has 0 saturated carbocycles. The Balaban J connectivity index is 2.35. The quantitative estimate of drug-likeness (QED) is 0.772. The molecule has 0 atom stereocenters. The molecule has 2 aromatic rings. The summed E-state index contributed by atoms with van der Waals surface area (Å²) in [6.45, 7) is 6.97. The van der Waals surface area contributed by atoms with E-state index in [1.165, 1.54) is 5.56 Å². The minimum atomic E-state index is -0.00319. The first-order valence-corrected chi connectivity index (χ1v) is 6.26. The Morgan fingerprint density at radius 2 is 2.06 bits per heavy atom. The van der Waals surface area contributed by atoms with E-state index in [-0.39, 0.29) is 5.78 Å². The monoisotopic (exact) mass is 242 g/mol. The molecule has 0 N–H and O–H groups in total. The van der Waals surface area contributed by atoms with Crippen LogP contribution in [-0.4, -0.2) is 15.3 Å². The van der Waals surface area contributed by atoms with Gasteiger partial charge in [-0.05, 0) is 37.5 Å². The zero-order chi connectivity index (χ0) is 13.1. The molecular weight excluding hydrogens is 224 g/mol. The van der Waals surface area contributed by atoms with Gasteiger partial charge >= 0.3 is 0 Å². The number of ketones is 1. The van der Waals surface area contributed by atoms with Crippen molar-refractivity contribution in [3.63, 3.8) is 0 Å². The van der Waals surface area contributed by atoms with Crippen LogP contribution in [0, 0.1) is 13.8 Å². The van der Waals surface area contributed by atoms with Crippen molar-refractivity contribution in [3.05, 3.63) is 53.1 Å². The first kappa shape index (κ1) is 12.6. The maximum absolute atomic E-state index is 12.4. The van der Waals surface area contributed by atoms with Gasteiger partial charge in [0.25, 0.3) is 0 Å². The van der Waals surface area contributed by atoms with Gasteiger partial charge in [0.05, 0.1) is 0 Å². The lowest BCUT2D eigenvalue weighted by Gasteiger charge is -2.07. The van der Waals surface area contributed by atoms with E-state index in [4.69, 9.17) is 0 Å². The van der Waals surface area contributed by atoms with Crippen molar-refractivity contribution < 1.29 is 4.79 Å². The van der Waals surface area contributed by atoms with Crippen LogP contribution in [0.2, 0.25) is 0 Å². The molecule has 3 nitrogen and oxygen atoms in total. The maximum atomic E-state index is 12.4. The first-order chi connectivity index (χ1) is 8.63. The number of nitrogens with zero attached hydrogens (tertiary/aromatic N) is 2. The number of benzene rings is 1. The average molecular weight is 242 g/mol. The Kier molecular flexibility index (Phi) is 3.60. The van der Waals surface area contributed by atoms with Gasteiger partial charge in [-0.1, -0.05) is 19.1 Å². The highest BCUT2D eigenvalue weighted by Crippen LogP contribution is 2.14. The normalized spacial score (nSPS) is 10.6. The maximum Gasteiger partial charge on any atom is 0.228 e. The second-order valence-corrected chi connectivity index (χ2v) is 4.57. The third-order valence-electron chi connectivity index (χ3n) is 3.15. The van der Waals surface area contributed by atoms with Crippen molar-refractivity contribution in [2.24, 2.45) is 0 Å². The summed E-state index contributed by atoms with van der Waals surface area (Å²) in [7, 11) is 0. The van der Waals surface area contributed by atoms with Crippen LogP contribution >= 0.6 is 0 Å². The molecule has 0 aliphatic rings. The molecule has 1 heterocycles. The van der Waals surface area contributed by atoms with Crippen LogP contribution in [0.25, 0.3) is 0 Å². The smallest absolute Gasteiger partial charge is 0.228 e. The predicted molar refractivity (Wildman–Crippen MR) is 71.9 cm³/mol. The fourth-order valence-corrected chi connectivity index (χ4v) is 1.95. The number of hydrogen-bond acceptors (Lipinski definition) is 2. The molecule has 1 aromatic heterocycles. The van der Waals surface area contributed by atoms with E-state index in [0.29, 0.717) is 11.4 Å². The van der Waals surface area contributed by atoms with Crippen LogP contribution < -0.4 is 0 Å². The van der Waals surface area contributed by atoms with Gasteiger partial charge in [0.1, 0.15) is 0 Å². The molecule has 0 spiro atoms. The highest BCUT2D eigenvalue weighted by molar-refractivity contribution is 6.06. The summed E-state index contributed by atoms with van der Waals surface area (Å²) in [6, 6.07) is 5.79. The van der Waals surface area contributed by atoms with Gasteiger partial charge in [-0.3, -0.25) is 4.79 Å². The summed E-state index contributed by atoms with van der Waals surface area (Å²) in [5.74, 6) is 0.525. The Morgan fingerprint density at radius 1 is 1.28 bits per heavy atom. The van der Waals surface area contributed by atoms with Crippen molar-refractivity contribution in [2.75, 3.05) is 0 Å². The molecule has 0 saturated heterocycles. The third-order valence-corrected chi connectivity index (χ3v) is 3.15. The number of aryl methyl sites for hydroxylation is 3. The number of carbonyl (C=O) groups excluding carboxylic acids is 1. The lowest BCUT2D eigenvalue weighted by molar-refractivity contribution is 0.102. The van der Waals surface area contributed by atoms with Crippen LogP contribution in [0.15, 0.2) is 30.6 Å². The van der Waals surface area contributed by atoms with Gasteiger partial charge in [0.15, 0.2) is 5.82 Å². The van der Waals surface area contributed by atoms with E-state index in [0.717, 1.165) is 18.5 Å². The van der Waals surface area contributed by atoms with Crippen LogP contribution in [-0.2, 0) is 6.54 Å². The largest absolute Gasteiger partial charge is 0.328 e. The molecule has 94 valence electrons. The van der Waals surface area contributed by atoms with E-state index in [1.807, 2.05) is 42.8 Å². The van der Waals surface area contributed by atoms with Crippen LogP contribution in [0.5, 0.6) is 0 Å². The minimum Gasteiger partial charge on any atom is -0.328 e. The molecule has 1 aromatic carbocycles. The second-order valence-electron chi connectivity index (χ2n) is 4.57. The van der Waals surface area contributed by atoms with E-state index in [1.54, 1.807) is 6.20 Å². The highest BCUT2D eigenvalue weighted by atomic mass is 16.1. The molecule has 0 fully saturated rings. The molecule has 0 bridgehead atoms. The van der Waals surface area contributed by atoms with Gasteiger partial charge in [-0.2, -0.15) is 0 Å². The van der Waals surface area contributed by atoms with Crippen molar-refractivity contribution in [1.29, 1.82) is 0 Å². The van der Waals surface area contributed by atoms with Crippen LogP contribution in [0.1, 0.15) is 40.7 Å². The van der Waals surface area contributed by atoms with Gasteiger partial charge in [-0.15, -0.1) is 0 Å². The molecular formula is C15H18N2O. The molecule has 2 rings (SSSR count). The number of hydrogen-bond donors (Lipinski definition) is 0. The van der Waals surface area contributed by atoms with Crippen LogP contribution in [0.3, 0.4) is 0 Å². The van der Waals surface area contributed by atoms with E-state index in [9.17, 15) is 4.79 Å². The summed E-state index contributed by atoms with van der Waals surface area (Å²) in [5, 5.41) is 0. The van der Waals surface area contributed by atoms with Gasteiger partial charge < -0.3 is 4.57 Å². The zero-order valence-electron chi connectivity index (χ0n) is 11.1. The van der Waals surface area contributed by atoms with E-state index in [2.05, 4.69) is 11.9 Å². The number of carbonyl (C=O) groups is 1. The minimum absolute atomic E-state index is 0.00319. The topological polar surface area (TPSA) is 34.9 Å². The fourth-order valence-electron chi connectivity index (χ4n) is 1.95. The molecule has 0 aliphatic carbocycles. The third kappa shape index (κ3) is 2.35. The zero-order valence-corrected chi connectivity index (χ0v) is 11.1. The van der Waals surface area contributed by atoms with E-state index < -0.39 is 0 Å². The summed E-state index contributed by atoms with van der Waals surface area (Å²) >= 11 is 0. The molecule has 0 aliphatic heterocycles. The molecule has 0 radical (unpaired) electrons. The lowest BCUT2D eigenvalue weighted by atomic mass is 10.0. The Bertz CT molecular complexity index is 570. The Morgan fingerprint density at radius 3 is 2.72 bits per heavy atom. The van der Waals surface area contributed by atoms with Gasteiger partial charge in [0, 0.05) is 24.5 Å². The highest BCUT2D eigenvalue weighted by Gasteiger charge is 2.15. The average Bonchev–Trinajstić information content (AvgIpc) is 2.80. The Hall–Kier alpha value is -1.90. The molecule has 0 unspecified atom stereocenters. The second kappa shape index (κ2) is 5.17. The summed E-state index contributed by atoms with van der Waals surface area (Å²) in [5.41, 5.74) is 3.04. The Labute approximate surface area is 107 Å². The summed E-state index contributed by atoms with van der Waals surface area (Å²) in [6.07, 6.45) is 4.53. The fraction of sp³-hybridized carbons (Fsp3) is 0.333. The molecule has 0 amide bonds. The number of aromatic nitrogens is 2. The first-order valence-electron chi connectivity index (χ1n) is 6.26. The van der Waals surface area contributed by atoms with Crippen molar-refractivity contribution in [3.8, 4) is 0 Å². The number of rotatable bonds is 4. The number of imidazole rings is 1. The predicted octanol–water partition coefficient (Wildman–Crippen LogP) is 3.14. The van der Waals surface area contributed by atoms with Crippen molar-refractivity contribution in [2.45, 2.75) is 33.7 Å². The molecule has 18 heavy (non-hydrogen) atoms. The summed E-state index contributed by atoms with van der Waals surface area (Å²) < 4.78 is 1.91. The van der Waals surface area contributed by atoms with Crippen molar-refractivity contribution in [1.82, 2.24) is 9.55 Å². The van der Waals surface area contributed by atoms with Crippen molar-refractivity contribution >= 4 is 5.78 Å². The standard InChI is InChI=1S/C15H18N2O/c1-4-8-17-9-7-16-15(17)14(18)13-6-5-11(2)12(3)10-13/h5-7,9-10H,4,8H2,1-3H3. The molecule has 3 heteroatoms. The summed E-state index contributed by atoms with van der Waals surface area (Å²) in [4.78, 5) is 16.6. The van der Waals surface area contributed by atoms with Crippen LogP contribution in [0.4, 0.5) is 0 Å². The SMILES string of the molecule is CCCn1ccnc1C(=O)c1ccc(C)c(C)c1. The lowest BCUT2D eigenvalue weighted by Crippen LogP contribution is -2.11. The van der Waals surface area contributed by atoms with E-state index >= 15 is 0 Å². The van der Waals surface area contributed by atoms with Gasteiger partial charge in [0.2, 0.25) is 5.78 Å². The van der Waals surface area contributed by atoms with Gasteiger partial charge in [-0.25, -0.2) is 4.98 Å².